The number of rotatable bonds is 21. The molecule has 0 bridgehead atoms. The zero-order valence-electron chi connectivity index (χ0n) is 79.1. The number of hydrogen-bond donors (Lipinski definition) is 0. The maximum atomic E-state index is 11.9. The summed E-state index contributed by atoms with van der Waals surface area (Å²) >= 11 is 6.81. The Hall–Kier alpha value is -2.20. The largest absolute Gasteiger partial charge is 0.697 e. The lowest BCUT2D eigenvalue weighted by Crippen LogP contribution is -2.26. The standard InChI is InChI=1S/C55H32O2.C39H22ClN3O2.C13H8O.C2H.H33P31/c1-3-13-33(14-4-1)36-27-37(34-15-5-2-6-16-34)29-38(28-36)35-23-24-43-51(30-35)57-50-26-25-42-44-31-45-41-19-9-12-22-49(41)56-52(45)32-48(44)55(54(42)53(43)50)46-20-10-7-17-39(46)40-18-8-11-21-47(40)55;40-32-22-36-31(27-13-7-8-14-33(27)44-36)21-29(32)25-16-18-34-30(19-25)28-17-15-26(20-35(28)45-34)39-42-37(23-9-3-1-4-10-23)41-38(43-39)24-11-5-2-6-12-24;14-13-11-7-3-1-5-9(11)10-6-2-4-8-12(10)13;1-2;1-17-25(16)29(24(14)15)31(28(22(10)11)23(12)13)30(26(18(2)3)19(4)5)27(20(6)7)21(8)9/h1-32H;1-22H;1-8H;1H;17H,1-16H2/q;;;-1;. The van der Waals surface area contributed by atoms with Crippen LogP contribution in [0.1, 0.15) is 38.2 Å². The zero-order valence-corrected chi connectivity index (χ0v) is 112. The van der Waals surface area contributed by atoms with Gasteiger partial charge in [0.25, 0.3) is 0 Å². The molecule has 0 fully saturated rings. The van der Waals surface area contributed by atoms with Crippen molar-refractivity contribution in [1.82, 2.24) is 15.0 Å². The van der Waals surface area contributed by atoms with E-state index in [1.165, 1.54) is 72.1 Å². The third-order valence-electron chi connectivity index (χ3n) is 26.1. The summed E-state index contributed by atoms with van der Waals surface area (Å²) in [6.07, 6.45) is 9.00. The predicted molar refractivity (Wildman–Crippen MR) is 739 cm³/mol. The number of terminal acetylenes is 1. The van der Waals surface area contributed by atoms with E-state index in [4.69, 9.17) is 50.6 Å². The first-order valence-electron chi connectivity index (χ1n) is 46.2. The number of nitrogens with zero attached hydrogens (tertiary/aromatic N) is 3. The van der Waals surface area contributed by atoms with Crippen LogP contribution in [0, 0.1) is 12.8 Å². The molecule has 1 spiro atoms. The average molecular weight is 2520 g/mol. The van der Waals surface area contributed by atoms with Gasteiger partial charge in [0.1, 0.15) is 44.7 Å². The first kappa shape index (κ1) is 112. The molecule has 3 aliphatic carbocycles. The molecule has 0 radical (unpaired) electrons. The summed E-state index contributed by atoms with van der Waals surface area (Å²) in [4.78, 5) is 26.5. The maximum Gasteiger partial charge on any atom is 0.194 e. The molecular formula is C109H96ClN3O5P31-. The quantitative estimate of drug-likeness (QED) is 0.0398. The average Bonchev–Trinajstić information content (AvgIpc) is 1.49. The SMILES string of the molecule is Clc1cc2oc3ccccc3c2cc1-c1ccc2oc3cc(-c4nc(-c5ccccc5)nc(-c5ccccc5)n4)ccc3c2c1.O=C1c2ccccc2-c2ccccc21.PPP(P)P(P(P)P)P(P(P(P)P)P(P)P)P(P(P(P)P)P(P)P)P(P(P)P)P(P)P.[C-]#C.c1ccc(-c2cc(-c3ccccc3)cc(-c3ccc4c(c3)oc3ccc5c(c34)C3(c4ccccc4-c4ccccc43)c3cc4oc6ccccc6c4cc3-5)c2)cc1. The lowest BCUT2D eigenvalue weighted by Gasteiger charge is -2.52. The summed E-state index contributed by atoms with van der Waals surface area (Å²) in [5, 5.41) is 9.31. The van der Waals surface area contributed by atoms with E-state index in [1.54, 1.807) is 0 Å². The van der Waals surface area contributed by atoms with E-state index < -0.39 is 5.41 Å². The van der Waals surface area contributed by atoms with Crippen molar-refractivity contribution < 1.29 is 22.5 Å². The predicted octanol–water partition coefficient (Wildman–Crippen LogP) is 46.8. The van der Waals surface area contributed by atoms with Crippen LogP contribution in [0.15, 0.2) is 394 Å². The Labute approximate surface area is 926 Å². The van der Waals surface area contributed by atoms with E-state index in [0.717, 1.165) is 152 Å². The molecule has 0 saturated carbocycles. The minimum Gasteiger partial charge on any atom is -0.697 e. The molecule has 25 rings (SSSR count). The molecule has 22 aromatic rings. The highest BCUT2D eigenvalue weighted by Crippen LogP contribution is 3.39. The van der Waals surface area contributed by atoms with Gasteiger partial charge in [0.05, 0.1) is 10.4 Å². The van der Waals surface area contributed by atoms with Crippen molar-refractivity contribution in [2.45, 2.75) is 5.41 Å². The molecule has 8 nitrogen and oxygen atoms in total. The van der Waals surface area contributed by atoms with Crippen LogP contribution in [0.2, 0.25) is 5.02 Å². The fourth-order valence-electron chi connectivity index (χ4n) is 19.9. The first-order chi connectivity index (χ1) is 72.4. The minimum atomic E-state index is -0.561. The van der Waals surface area contributed by atoms with Crippen molar-refractivity contribution in [3.05, 3.63) is 421 Å². The van der Waals surface area contributed by atoms with Gasteiger partial charge < -0.3 is 30.5 Å². The Morgan fingerprint density at radius 3 is 1.07 bits per heavy atom. The van der Waals surface area contributed by atoms with Crippen LogP contribution in [-0.4, -0.2) is 20.7 Å². The van der Waals surface area contributed by atoms with Crippen LogP contribution in [-0.2, 0) is 5.41 Å². The summed E-state index contributed by atoms with van der Waals surface area (Å²) in [6.45, 7) is -0.107. The second kappa shape index (κ2) is 49.8. The molecule has 20 atom stereocenters. The van der Waals surface area contributed by atoms with Crippen LogP contribution in [0.5, 0.6) is 0 Å². The van der Waals surface area contributed by atoms with Crippen molar-refractivity contribution >= 4 is 354 Å². The molecule has 5 aromatic heterocycles. The Balaban J connectivity index is 0.000000126. The summed E-state index contributed by atoms with van der Waals surface area (Å²) in [7, 11) is 53.9. The van der Waals surface area contributed by atoms with Gasteiger partial charge in [0.15, 0.2) is 23.3 Å². The number of aromatic nitrogens is 3. The smallest absolute Gasteiger partial charge is 0.194 e. The van der Waals surface area contributed by atoms with Crippen LogP contribution < -0.4 is 0 Å². The summed E-state index contributed by atoms with van der Waals surface area (Å²) in [5.41, 5.74) is 31.8. The fraction of sp³-hybridized carbons (Fsp3) is 0.00917. The van der Waals surface area contributed by atoms with E-state index in [1.807, 2.05) is 164 Å². The number of carbonyl (C=O) groups is 1. The van der Waals surface area contributed by atoms with Crippen LogP contribution in [0.4, 0.5) is 0 Å². The number of fused-ring (bicyclic) bond motifs is 26. The Morgan fingerprint density at radius 2 is 0.591 bits per heavy atom. The lowest BCUT2D eigenvalue weighted by molar-refractivity contribution is 0.104. The molecule has 740 valence electrons. The maximum absolute atomic E-state index is 11.9. The number of halogens is 1. The Kier molecular flexibility index (Phi) is 37.5. The number of furan rings is 4. The Bertz CT molecular complexity index is 8600. The highest BCUT2D eigenvalue weighted by Gasteiger charge is 2.55. The molecular weight excluding hydrogens is 2430 g/mol. The molecule has 0 aliphatic heterocycles. The number of benzene rings is 17. The van der Waals surface area contributed by atoms with Gasteiger partial charge in [-0.1, -0.05) is 299 Å². The number of hydrogen-bond acceptors (Lipinski definition) is 8. The van der Waals surface area contributed by atoms with Gasteiger partial charge in [-0.05, 0) is 283 Å². The van der Waals surface area contributed by atoms with Crippen molar-refractivity contribution in [3.8, 4) is 118 Å². The highest BCUT2D eigenvalue weighted by atomic mass is 35.5. The Morgan fingerprint density at radius 1 is 0.248 bits per heavy atom. The van der Waals surface area contributed by atoms with Crippen molar-refractivity contribution in [2.24, 2.45) is 0 Å². The van der Waals surface area contributed by atoms with Crippen molar-refractivity contribution in [3.63, 3.8) is 0 Å². The monoisotopic (exact) mass is 2520 g/mol. The molecule has 3 aliphatic rings. The van der Waals surface area contributed by atoms with E-state index in [2.05, 4.69) is 362 Å². The van der Waals surface area contributed by atoms with Gasteiger partial charge in [-0.15, -0.1) is 143 Å². The molecule has 40 heteroatoms. The second-order valence-electron chi connectivity index (χ2n) is 34.7. The van der Waals surface area contributed by atoms with Crippen molar-refractivity contribution in [2.75, 3.05) is 0 Å². The third-order valence-corrected chi connectivity index (χ3v) is 232. The molecule has 20 unspecified atom stereocenters. The number of carbonyl (C=O) groups excluding carboxylic acids is 1. The lowest BCUT2D eigenvalue weighted by atomic mass is 9.69. The molecule has 0 saturated heterocycles. The van der Waals surface area contributed by atoms with E-state index in [9.17, 15) is 4.79 Å². The van der Waals surface area contributed by atoms with Gasteiger partial charge >= 0.3 is 0 Å². The molecule has 0 amide bonds. The van der Waals surface area contributed by atoms with Gasteiger partial charge in [0, 0.05) is 82.5 Å². The van der Waals surface area contributed by atoms with Crippen LogP contribution in [0.25, 0.3) is 200 Å². The molecule has 5 heterocycles. The summed E-state index contributed by atoms with van der Waals surface area (Å²) < 4.78 is 26.0. The van der Waals surface area contributed by atoms with Gasteiger partial charge in [0.2, 0.25) is 0 Å². The summed E-state index contributed by atoms with van der Waals surface area (Å²) in [6, 6.07) is 130. The summed E-state index contributed by atoms with van der Waals surface area (Å²) in [5.74, 6) is 1.97. The molecule has 0 N–H and O–H groups in total. The van der Waals surface area contributed by atoms with E-state index >= 15 is 0 Å². The highest BCUT2D eigenvalue weighted by molar-refractivity contribution is 9.44. The van der Waals surface area contributed by atoms with Crippen molar-refractivity contribution in [1.29, 1.82) is 0 Å². The fourth-order valence-corrected chi connectivity index (χ4v) is 427. The van der Waals surface area contributed by atoms with E-state index in [-0.39, 0.29) is 104 Å². The number of ketones is 1. The van der Waals surface area contributed by atoms with Crippen LogP contribution >= 0.6 is 260 Å². The molecule has 17 aromatic carbocycles. The first-order valence-corrected chi connectivity index (χ1v) is 102. The van der Waals surface area contributed by atoms with Gasteiger partial charge in [-0.25, -0.2) is 15.0 Å². The van der Waals surface area contributed by atoms with Gasteiger partial charge in [-0.3, -0.25) is 4.79 Å². The third kappa shape index (κ3) is 22.5. The number of para-hydroxylation sites is 2. The zero-order chi connectivity index (χ0) is 103. The second-order valence-corrected chi connectivity index (χ2v) is 158. The van der Waals surface area contributed by atoms with Gasteiger partial charge in [-0.2, -0.15) is 0 Å². The minimum absolute atomic E-state index is 0.0336. The van der Waals surface area contributed by atoms with Crippen LogP contribution in [0.3, 0.4) is 0 Å². The molecule has 149 heavy (non-hydrogen) atoms. The topological polar surface area (TPSA) is 108 Å². The normalized spacial score (nSPS) is 13.4. The van der Waals surface area contributed by atoms with E-state index in [0.29, 0.717) is 22.5 Å².